The summed E-state index contributed by atoms with van der Waals surface area (Å²) in [5, 5.41) is 0. The minimum atomic E-state index is -0.609. The van der Waals surface area contributed by atoms with E-state index in [0.717, 1.165) is 17.8 Å². The highest BCUT2D eigenvalue weighted by atomic mass is 19.1. The van der Waals surface area contributed by atoms with Crippen molar-refractivity contribution in [1.82, 2.24) is 14.8 Å². The predicted molar refractivity (Wildman–Crippen MR) is 92.7 cm³/mol. The van der Waals surface area contributed by atoms with E-state index in [9.17, 15) is 9.18 Å². The normalized spacial score (nSPS) is 15.8. The van der Waals surface area contributed by atoms with Crippen molar-refractivity contribution in [2.24, 2.45) is 0 Å². The monoisotopic (exact) mass is 343 g/mol. The van der Waals surface area contributed by atoms with Crippen LogP contribution in [0.25, 0.3) is 0 Å². The first-order chi connectivity index (χ1) is 12.0. The van der Waals surface area contributed by atoms with E-state index in [2.05, 4.69) is 4.98 Å². The van der Waals surface area contributed by atoms with Gasteiger partial charge in [0.15, 0.2) is 6.10 Å². The van der Waals surface area contributed by atoms with Crippen LogP contribution in [0.1, 0.15) is 11.3 Å². The molecule has 0 spiro atoms. The van der Waals surface area contributed by atoms with Gasteiger partial charge >= 0.3 is 0 Å². The maximum absolute atomic E-state index is 13.4. The first-order valence-corrected chi connectivity index (χ1v) is 8.31. The van der Waals surface area contributed by atoms with Gasteiger partial charge in [-0.3, -0.25) is 9.78 Å². The lowest BCUT2D eigenvalue weighted by Gasteiger charge is -2.26. The van der Waals surface area contributed by atoms with Crippen LogP contribution in [-0.2, 0) is 17.8 Å². The molecule has 5 nitrogen and oxygen atoms in total. The van der Waals surface area contributed by atoms with Gasteiger partial charge in [-0.15, -0.1) is 0 Å². The third kappa shape index (κ3) is 4.33. The summed E-state index contributed by atoms with van der Waals surface area (Å²) < 4.78 is 19.1. The highest BCUT2D eigenvalue weighted by Crippen LogP contribution is 2.30. The quantitative estimate of drug-likeness (QED) is 0.806. The van der Waals surface area contributed by atoms with Crippen LogP contribution in [0.4, 0.5) is 4.39 Å². The number of rotatable bonds is 6. The molecule has 1 aromatic heterocycles. The minimum Gasteiger partial charge on any atom is -0.480 e. The zero-order chi connectivity index (χ0) is 17.8. The van der Waals surface area contributed by atoms with Gasteiger partial charge in [0.05, 0.1) is 12.2 Å². The summed E-state index contributed by atoms with van der Waals surface area (Å²) >= 11 is 0. The number of likely N-dealkylation sites (N-methyl/N-ethyl adjacent to an activating group) is 1. The number of aromatic nitrogens is 1. The molecule has 132 valence electrons. The van der Waals surface area contributed by atoms with E-state index in [1.807, 2.05) is 37.2 Å². The molecule has 2 heterocycles. The molecule has 0 saturated heterocycles. The molecule has 3 rings (SSSR count). The zero-order valence-electron chi connectivity index (χ0n) is 14.5. The SMILES string of the molecule is CN(C)CCN(Cc1ccccn1)C(=O)C1Cc2cc(F)ccc2O1. The predicted octanol–water partition coefficient (Wildman–Crippen LogP) is 2.11. The average Bonchev–Trinajstić information content (AvgIpc) is 3.01. The topological polar surface area (TPSA) is 45.7 Å². The molecule has 1 atom stereocenters. The fraction of sp³-hybridized carbons (Fsp3) is 0.368. The Hall–Kier alpha value is -2.47. The van der Waals surface area contributed by atoms with E-state index < -0.39 is 6.10 Å². The lowest BCUT2D eigenvalue weighted by molar-refractivity contribution is -0.138. The molecular weight excluding hydrogens is 321 g/mol. The molecule has 0 bridgehead atoms. The van der Waals surface area contributed by atoms with Gasteiger partial charge in [0.1, 0.15) is 11.6 Å². The van der Waals surface area contributed by atoms with Gasteiger partial charge in [-0.25, -0.2) is 4.39 Å². The van der Waals surface area contributed by atoms with Crippen molar-refractivity contribution in [2.45, 2.75) is 19.1 Å². The Kier molecular flexibility index (Phi) is 5.28. The molecule has 1 aromatic carbocycles. The van der Waals surface area contributed by atoms with Crippen LogP contribution < -0.4 is 4.74 Å². The first-order valence-electron chi connectivity index (χ1n) is 8.31. The van der Waals surface area contributed by atoms with Crippen molar-refractivity contribution >= 4 is 5.91 Å². The summed E-state index contributed by atoms with van der Waals surface area (Å²) in [6.45, 7) is 1.75. The number of amides is 1. The van der Waals surface area contributed by atoms with Crippen molar-refractivity contribution in [3.8, 4) is 5.75 Å². The highest BCUT2D eigenvalue weighted by Gasteiger charge is 2.32. The summed E-state index contributed by atoms with van der Waals surface area (Å²) in [5.74, 6) is 0.183. The molecule has 0 fully saturated rings. The smallest absolute Gasteiger partial charge is 0.264 e. The van der Waals surface area contributed by atoms with Gasteiger partial charge in [-0.2, -0.15) is 0 Å². The van der Waals surface area contributed by atoms with E-state index in [4.69, 9.17) is 4.74 Å². The molecule has 0 N–H and O–H groups in total. The minimum absolute atomic E-state index is 0.0934. The molecule has 0 radical (unpaired) electrons. The lowest BCUT2D eigenvalue weighted by atomic mass is 10.1. The van der Waals surface area contributed by atoms with Crippen molar-refractivity contribution in [3.63, 3.8) is 0 Å². The second-order valence-corrected chi connectivity index (χ2v) is 6.45. The van der Waals surface area contributed by atoms with Crippen molar-refractivity contribution in [3.05, 3.63) is 59.7 Å². The second kappa shape index (κ2) is 7.61. The summed E-state index contributed by atoms with van der Waals surface area (Å²) in [7, 11) is 3.93. The highest BCUT2D eigenvalue weighted by molar-refractivity contribution is 5.82. The lowest BCUT2D eigenvalue weighted by Crippen LogP contribution is -2.43. The van der Waals surface area contributed by atoms with Gasteiger partial charge in [0.25, 0.3) is 5.91 Å². The number of nitrogens with zero attached hydrogens (tertiary/aromatic N) is 3. The molecule has 1 aliphatic heterocycles. The van der Waals surface area contributed by atoms with Gasteiger partial charge < -0.3 is 14.5 Å². The van der Waals surface area contributed by atoms with Crippen molar-refractivity contribution in [2.75, 3.05) is 27.2 Å². The van der Waals surface area contributed by atoms with Crippen LogP contribution >= 0.6 is 0 Å². The van der Waals surface area contributed by atoms with E-state index in [1.165, 1.54) is 12.1 Å². The number of halogens is 1. The van der Waals surface area contributed by atoms with Crippen molar-refractivity contribution in [1.29, 1.82) is 0 Å². The van der Waals surface area contributed by atoms with Crippen molar-refractivity contribution < 1.29 is 13.9 Å². The van der Waals surface area contributed by atoms with Crippen LogP contribution in [0.2, 0.25) is 0 Å². The van der Waals surface area contributed by atoms with E-state index in [-0.39, 0.29) is 11.7 Å². The Morgan fingerprint density at radius 3 is 2.84 bits per heavy atom. The number of hydrogen-bond donors (Lipinski definition) is 0. The number of pyridine rings is 1. The van der Waals surface area contributed by atoms with Crippen LogP contribution in [0.5, 0.6) is 5.75 Å². The molecule has 2 aromatic rings. The van der Waals surface area contributed by atoms with E-state index in [0.29, 0.717) is 25.3 Å². The Bertz CT molecular complexity index is 737. The number of fused-ring (bicyclic) bond motifs is 1. The van der Waals surface area contributed by atoms with Crippen LogP contribution in [0, 0.1) is 5.82 Å². The van der Waals surface area contributed by atoms with Crippen LogP contribution in [0.3, 0.4) is 0 Å². The van der Waals surface area contributed by atoms with Gasteiger partial charge in [0, 0.05) is 31.3 Å². The van der Waals surface area contributed by atoms with E-state index >= 15 is 0 Å². The first kappa shape index (κ1) is 17.4. The maximum atomic E-state index is 13.4. The van der Waals surface area contributed by atoms with Gasteiger partial charge in [0.2, 0.25) is 0 Å². The zero-order valence-corrected chi connectivity index (χ0v) is 14.5. The standard InChI is InChI=1S/C19H22FN3O2/c1-22(2)9-10-23(13-16-5-3-4-8-21-16)19(24)18-12-14-11-15(20)6-7-17(14)25-18/h3-8,11,18H,9-10,12-13H2,1-2H3. The molecule has 1 unspecified atom stereocenters. The average molecular weight is 343 g/mol. The van der Waals surface area contributed by atoms with Crippen LogP contribution in [-0.4, -0.2) is 54.0 Å². The number of ether oxygens (including phenoxy) is 1. The molecular formula is C19H22FN3O2. The summed E-state index contributed by atoms with van der Waals surface area (Å²) in [5.41, 5.74) is 1.57. The largest absolute Gasteiger partial charge is 0.480 e. The van der Waals surface area contributed by atoms with Crippen LogP contribution in [0.15, 0.2) is 42.6 Å². The van der Waals surface area contributed by atoms with Gasteiger partial charge in [-0.05, 0) is 44.4 Å². The summed E-state index contributed by atoms with van der Waals surface area (Å²) in [6, 6.07) is 10.0. The second-order valence-electron chi connectivity index (χ2n) is 6.45. The Morgan fingerprint density at radius 1 is 1.28 bits per heavy atom. The molecule has 0 aliphatic carbocycles. The number of carbonyl (C=O) groups is 1. The Labute approximate surface area is 147 Å². The Balaban J connectivity index is 1.72. The number of benzene rings is 1. The number of carbonyl (C=O) groups excluding carboxylic acids is 1. The van der Waals surface area contributed by atoms with Gasteiger partial charge in [-0.1, -0.05) is 6.07 Å². The maximum Gasteiger partial charge on any atom is 0.264 e. The summed E-state index contributed by atoms with van der Waals surface area (Å²) in [6.07, 6.45) is 1.50. The third-order valence-corrected chi connectivity index (χ3v) is 4.18. The molecule has 25 heavy (non-hydrogen) atoms. The fourth-order valence-electron chi connectivity index (χ4n) is 2.83. The molecule has 0 saturated carbocycles. The summed E-state index contributed by atoms with van der Waals surface area (Å²) in [4.78, 5) is 21.1. The third-order valence-electron chi connectivity index (χ3n) is 4.18. The fourth-order valence-corrected chi connectivity index (χ4v) is 2.83. The molecule has 1 aliphatic rings. The Morgan fingerprint density at radius 2 is 2.12 bits per heavy atom. The molecule has 6 heteroatoms. The van der Waals surface area contributed by atoms with E-state index in [1.54, 1.807) is 17.2 Å². The molecule has 1 amide bonds. The number of hydrogen-bond acceptors (Lipinski definition) is 4.